The van der Waals surface area contributed by atoms with Crippen LogP contribution in [-0.4, -0.2) is 6.03 Å². The van der Waals surface area contributed by atoms with Crippen LogP contribution in [0.2, 0.25) is 0 Å². The lowest BCUT2D eigenvalue weighted by molar-refractivity contribution is 0.244. The van der Waals surface area contributed by atoms with Gasteiger partial charge in [0.05, 0.1) is 0 Å². The Balaban J connectivity index is 1.76. The van der Waals surface area contributed by atoms with E-state index in [1.165, 1.54) is 5.56 Å². The average Bonchev–Trinajstić information content (AvgIpc) is 2.48. The van der Waals surface area contributed by atoms with E-state index < -0.39 is 0 Å². The maximum Gasteiger partial charge on any atom is 0.319 e. The first-order valence-electron chi connectivity index (χ1n) is 6.55. The Labute approximate surface area is 119 Å². The fourth-order valence-electron chi connectivity index (χ4n) is 1.72. The highest BCUT2D eigenvalue weighted by Crippen LogP contribution is 2.04. The molecule has 3 heteroatoms. The van der Waals surface area contributed by atoms with Crippen molar-refractivity contribution in [1.82, 2.24) is 10.6 Å². The maximum atomic E-state index is 11.6. The summed E-state index contributed by atoms with van der Waals surface area (Å²) in [6.45, 7) is 2.56. The molecule has 0 fully saturated rings. The van der Waals surface area contributed by atoms with Crippen LogP contribution in [0.1, 0.15) is 16.7 Å². The molecule has 0 heterocycles. The molecule has 102 valence electrons. The van der Waals surface area contributed by atoms with Crippen LogP contribution in [0.15, 0.2) is 60.8 Å². The third kappa shape index (κ3) is 4.61. The van der Waals surface area contributed by atoms with E-state index in [1.807, 2.05) is 67.6 Å². The highest BCUT2D eigenvalue weighted by atomic mass is 16.2. The molecule has 0 bridgehead atoms. The van der Waals surface area contributed by atoms with Gasteiger partial charge in [0.25, 0.3) is 0 Å². The summed E-state index contributed by atoms with van der Waals surface area (Å²) < 4.78 is 0. The standard InChI is InChI=1S/C17H18N2O/c1-14-7-9-15(10-8-14)11-12-18-17(20)19-13-16-5-3-2-4-6-16/h2-12H,13H2,1H3,(H2,18,19,20)/b12-11+. The van der Waals surface area contributed by atoms with Gasteiger partial charge >= 0.3 is 6.03 Å². The molecule has 20 heavy (non-hydrogen) atoms. The molecule has 2 N–H and O–H groups in total. The lowest BCUT2D eigenvalue weighted by Gasteiger charge is -2.04. The van der Waals surface area contributed by atoms with Crippen molar-refractivity contribution in [3.05, 3.63) is 77.5 Å². The summed E-state index contributed by atoms with van der Waals surface area (Å²) in [5, 5.41) is 5.48. The molecule has 0 radical (unpaired) electrons. The van der Waals surface area contributed by atoms with Gasteiger partial charge in [-0.25, -0.2) is 4.79 Å². The molecule has 0 saturated heterocycles. The van der Waals surface area contributed by atoms with E-state index in [-0.39, 0.29) is 6.03 Å². The minimum absolute atomic E-state index is 0.211. The van der Waals surface area contributed by atoms with E-state index in [1.54, 1.807) is 6.20 Å². The lowest BCUT2D eigenvalue weighted by atomic mass is 10.1. The van der Waals surface area contributed by atoms with Crippen molar-refractivity contribution in [3.8, 4) is 0 Å². The van der Waals surface area contributed by atoms with Gasteiger partial charge in [-0.3, -0.25) is 0 Å². The maximum absolute atomic E-state index is 11.6. The minimum atomic E-state index is -0.211. The van der Waals surface area contributed by atoms with Gasteiger partial charge in [-0.15, -0.1) is 0 Å². The summed E-state index contributed by atoms with van der Waals surface area (Å²) >= 11 is 0. The normalized spacial score (nSPS) is 10.4. The van der Waals surface area contributed by atoms with Crippen LogP contribution in [0.25, 0.3) is 6.08 Å². The van der Waals surface area contributed by atoms with Crippen LogP contribution in [0, 0.1) is 6.92 Å². The van der Waals surface area contributed by atoms with E-state index in [4.69, 9.17) is 0 Å². The summed E-state index contributed by atoms with van der Waals surface area (Å²) in [4.78, 5) is 11.6. The van der Waals surface area contributed by atoms with Gasteiger partial charge in [0.2, 0.25) is 0 Å². The zero-order valence-corrected chi connectivity index (χ0v) is 11.5. The number of amides is 2. The van der Waals surface area contributed by atoms with Crippen molar-refractivity contribution >= 4 is 12.1 Å². The van der Waals surface area contributed by atoms with E-state index >= 15 is 0 Å². The summed E-state index contributed by atoms with van der Waals surface area (Å²) in [7, 11) is 0. The fourth-order valence-corrected chi connectivity index (χ4v) is 1.72. The van der Waals surface area contributed by atoms with Crippen molar-refractivity contribution in [3.63, 3.8) is 0 Å². The summed E-state index contributed by atoms with van der Waals surface area (Å²) in [6, 6.07) is 17.7. The number of aryl methyl sites for hydroxylation is 1. The number of nitrogens with one attached hydrogen (secondary N) is 2. The average molecular weight is 266 g/mol. The van der Waals surface area contributed by atoms with Crippen LogP contribution < -0.4 is 10.6 Å². The zero-order valence-electron chi connectivity index (χ0n) is 11.5. The molecular formula is C17H18N2O. The van der Waals surface area contributed by atoms with Crippen molar-refractivity contribution in [2.75, 3.05) is 0 Å². The fraction of sp³-hybridized carbons (Fsp3) is 0.118. The molecule has 0 aliphatic rings. The molecule has 0 unspecified atom stereocenters. The monoisotopic (exact) mass is 266 g/mol. The Morgan fingerprint density at radius 3 is 2.45 bits per heavy atom. The summed E-state index contributed by atoms with van der Waals surface area (Å²) in [5.41, 5.74) is 3.35. The summed E-state index contributed by atoms with van der Waals surface area (Å²) in [5.74, 6) is 0. The third-order valence-electron chi connectivity index (χ3n) is 2.86. The SMILES string of the molecule is Cc1ccc(/C=C/NC(=O)NCc2ccccc2)cc1. The molecule has 2 aromatic rings. The van der Waals surface area contributed by atoms with E-state index in [9.17, 15) is 4.79 Å². The quantitative estimate of drug-likeness (QED) is 0.874. The Morgan fingerprint density at radius 1 is 1.05 bits per heavy atom. The minimum Gasteiger partial charge on any atom is -0.334 e. The van der Waals surface area contributed by atoms with E-state index in [0.29, 0.717) is 6.54 Å². The van der Waals surface area contributed by atoms with Crippen molar-refractivity contribution in [2.45, 2.75) is 13.5 Å². The van der Waals surface area contributed by atoms with Crippen LogP contribution in [-0.2, 0) is 6.54 Å². The highest BCUT2D eigenvalue weighted by Gasteiger charge is 1.96. The molecule has 0 atom stereocenters. The largest absolute Gasteiger partial charge is 0.334 e. The Bertz CT molecular complexity index is 574. The third-order valence-corrected chi connectivity index (χ3v) is 2.86. The topological polar surface area (TPSA) is 41.1 Å². The number of carbonyl (C=O) groups excluding carboxylic acids is 1. The molecule has 2 rings (SSSR count). The van der Waals surface area contributed by atoms with Crippen molar-refractivity contribution in [1.29, 1.82) is 0 Å². The van der Waals surface area contributed by atoms with Crippen molar-refractivity contribution < 1.29 is 4.79 Å². The van der Waals surface area contributed by atoms with Crippen molar-refractivity contribution in [2.24, 2.45) is 0 Å². The number of hydrogen-bond donors (Lipinski definition) is 2. The predicted molar refractivity (Wildman–Crippen MR) is 82.0 cm³/mol. The number of carbonyl (C=O) groups is 1. The summed E-state index contributed by atoms with van der Waals surface area (Å²) in [6.07, 6.45) is 3.51. The molecule has 0 spiro atoms. The van der Waals surface area contributed by atoms with Gasteiger partial charge in [0, 0.05) is 12.7 Å². The van der Waals surface area contributed by atoms with Gasteiger partial charge < -0.3 is 10.6 Å². The second kappa shape index (κ2) is 7.14. The zero-order chi connectivity index (χ0) is 14.2. The van der Waals surface area contributed by atoms with Crippen LogP contribution in [0.5, 0.6) is 0 Å². The molecule has 2 aromatic carbocycles. The highest BCUT2D eigenvalue weighted by molar-refractivity contribution is 5.75. The first kappa shape index (κ1) is 13.9. The second-order valence-electron chi connectivity index (χ2n) is 4.56. The van der Waals surface area contributed by atoms with Gasteiger partial charge in [-0.2, -0.15) is 0 Å². The molecule has 0 aliphatic heterocycles. The van der Waals surface area contributed by atoms with Crippen LogP contribution >= 0.6 is 0 Å². The second-order valence-corrected chi connectivity index (χ2v) is 4.56. The molecular weight excluding hydrogens is 248 g/mol. The molecule has 0 aromatic heterocycles. The Morgan fingerprint density at radius 2 is 1.75 bits per heavy atom. The number of rotatable bonds is 4. The van der Waals surface area contributed by atoms with Crippen LogP contribution in [0.4, 0.5) is 4.79 Å². The van der Waals surface area contributed by atoms with Crippen LogP contribution in [0.3, 0.4) is 0 Å². The number of benzene rings is 2. The van der Waals surface area contributed by atoms with Gasteiger partial charge in [-0.1, -0.05) is 60.2 Å². The molecule has 2 amide bonds. The van der Waals surface area contributed by atoms with Gasteiger partial charge in [0.1, 0.15) is 0 Å². The molecule has 0 aliphatic carbocycles. The number of urea groups is 1. The van der Waals surface area contributed by atoms with Gasteiger partial charge in [0.15, 0.2) is 0 Å². The van der Waals surface area contributed by atoms with Gasteiger partial charge in [-0.05, 0) is 24.1 Å². The molecule has 0 saturated carbocycles. The first-order valence-corrected chi connectivity index (χ1v) is 6.55. The Hall–Kier alpha value is -2.55. The Kier molecular flexibility index (Phi) is 4.95. The lowest BCUT2D eigenvalue weighted by Crippen LogP contribution is -2.31. The smallest absolute Gasteiger partial charge is 0.319 e. The first-order chi connectivity index (χ1) is 9.74. The molecule has 3 nitrogen and oxygen atoms in total. The van der Waals surface area contributed by atoms with E-state index in [2.05, 4.69) is 10.6 Å². The predicted octanol–water partition coefficient (Wildman–Crippen LogP) is 3.47. The van der Waals surface area contributed by atoms with E-state index in [0.717, 1.165) is 11.1 Å². The number of hydrogen-bond acceptors (Lipinski definition) is 1.